The van der Waals surface area contributed by atoms with Gasteiger partial charge in [0.05, 0.1) is 5.02 Å². The summed E-state index contributed by atoms with van der Waals surface area (Å²) in [5.41, 5.74) is 2.76. The lowest BCUT2D eigenvalue weighted by Gasteiger charge is -2.24. The van der Waals surface area contributed by atoms with Crippen LogP contribution in [-0.2, 0) is 6.54 Å². The summed E-state index contributed by atoms with van der Waals surface area (Å²) < 4.78 is 0. The topological polar surface area (TPSA) is 3.24 Å². The van der Waals surface area contributed by atoms with Crippen LogP contribution in [0.2, 0.25) is 5.02 Å². The van der Waals surface area contributed by atoms with E-state index < -0.39 is 0 Å². The molecule has 0 atom stereocenters. The summed E-state index contributed by atoms with van der Waals surface area (Å²) in [6.45, 7) is 11.2. The molecule has 0 aromatic heterocycles. The van der Waals surface area contributed by atoms with Crippen LogP contribution in [0.25, 0.3) is 0 Å². The first-order valence-corrected chi connectivity index (χ1v) is 8.04. The van der Waals surface area contributed by atoms with Gasteiger partial charge in [-0.05, 0) is 37.0 Å². The van der Waals surface area contributed by atoms with Crippen LogP contribution in [0.5, 0.6) is 0 Å². The van der Waals surface area contributed by atoms with Gasteiger partial charge in [-0.15, -0.1) is 11.8 Å². The lowest BCUT2D eigenvalue weighted by atomic mass is 10.0. The minimum absolute atomic E-state index is 0.536. The fraction of sp³-hybridized carbons (Fsp3) is 0.600. The summed E-state index contributed by atoms with van der Waals surface area (Å²) in [4.78, 5) is 3.82. The zero-order chi connectivity index (χ0) is 13.3. The van der Waals surface area contributed by atoms with Crippen molar-refractivity contribution in [3.8, 4) is 0 Å². The molecule has 1 aliphatic heterocycles. The van der Waals surface area contributed by atoms with E-state index >= 15 is 0 Å². The Kier molecular flexibility index (Phi) is 4.63. The van der Waals surface area contributed by atoms with Crippen molar-refractivity contribution in [3.63, 3.8) is 0 Å². The van der Waals surface area contributed by atoms with Gasteiger partial charge in [0.2, 0.25) is 0 Å². The molecule has 1 aromatic rings. The molecule has 0 spiro atoms. The van der Waals surface area contributed by atoms with Crippen molar-refractivity contribution in [1.82, 2.24) is 4.90 Å². The molecule has 0 N–H and O–H groups in total. The fourth-order valence-electron chi connectivity index (χ4n) is 2.29. The second kappa shape index (κ2) is 5.85. The summed E-state index contributed by atoms with van der Waals surface area (Å²) in [5, 5.41) is 0.937. The lowest BCUT2D eigenvalue weighted by molar-refractivity contribution is 0.227. The molecule has 1 aliphatic rings. The monoisotopic (exact) mass is 283 g/mol. The summed E-state index contributed by atoms with van der Waals surface area (Å²) in [6, 6.07) is 5.08. The third-order valence-electron chi connectivity index (χ3n) is 3.54. The van der Waals surface area contributed by atoms with Gasteiger partial charge in [-0.3, -0.25) is 4.90 Å². The molecule has 0 aliphatic carbocycles. The quantitative estimate of drug-likeness (QED) is 0.768. The summed E-state index contributed by atoms with van der Waals surface area (Å²) in [7, 11) is 0. The fourth-order valence-corrected chi connectivity index (χ4v) is 3.74. The van der Waals surface area contributed by atoms with E-state index in [9.17, 15) is 0 Å². The zero-order valence-electron chi connectivity index (χ0n) is 11.7. The Bertz CT molecular complexity index is 429. The van der Waals surface area contributed by atoms with Crippen LogP contribution in [0.4, 0.5) is 0 Å². The van der Waals surface area contributed by atoms with Crippen molar-refractivity contribution in [2.24, 2.45) is 0 Å². The van der Waals surface area contributed by atoms with Gasteiger partial charge in [-0.1, -0.05) is 31.5 Å². The molecule has 1 aromatic carbocycles. The highest BCUT2D eigenvalue weighted by atomic mass is 35.5. The Hall–Kier alpha value is -0.180. The van der Waals surface area contributed by atoms with E-state index in [1.807, 2.05) is 11.8 Å². The van der Waals surface area contributed by atoms with Gasteiger partial charge >= 0.3 is 0 Å². The first kappa shape index (κ1) is 14.2. The van der Waals surface area contributed by atoms with Crippen LogP contribution in [0.3, 0.4) is 0 Å². The highest BCUT2D eigenvalue weighted by Gasteiger charge is 2.20. The number of fused-ring (bicyclic) bond motifs is 1. The maximum absolute atomic E-state index is 6.45. The second-order valence-electron chi connectivity index (χ2n) is 5.56. The largest absolute Gasteiger partial charge is 0.296 e. The average molecular weight is 284 g/mol. The van der Waals surface area contributed by atoms with E-state index in [4.69, 9.17) is 11.6 Å². The number of benzene rings is 1. The van der Waals surface area contributed by atoms with Gasteiger partial charge in [-0.25, -0.2) is 0 Å². The third kappa shape index (κ3) is 3.04. The van der Waals surface area contributed by atoms with Crippen LogP contribution in [0.15, 0.2) is 17.0 Å². The van der Waals surface area contributed by atoms with Crippen molar-refractivity contribution >= 4 is 23.4 Å². The van der Waals surface area contributed by atoms with Gasteiger partial charge in [0.25, 0.3) is 0 Å². The standard InChI is InChI=1S/C15H22ClNS/c1-10(2)12-7-13-9-17(11(3)4)5-6-18-15(13)14(16)8-12/h7-8,10-11H,5-6,9H2,1-4H3. The van der Waals surface area contributed by atoms with Crippen molar-refractivity contribution in [2.45, 2.75) is 51.1 Å². The summed E-state index contributed by atoms with van der Waals surface area (Å²) in [6.07, 6.45) is 0. The van der Waals surface area contributed by atoms with Gasteiger partial charge in [-0.2, -0.15) is 0 Å². The smallest absolute Gasteiger partial charge is 0.0547 e. The Morgan fingerprint density at radius 2 is 1.94 bits per heavy atom. The molecule has 0 fully saturated rings. The van der Waals surface area contributed by atoms with Crippen LogP contribution in [0, 0.1) is 0 Å². The number of nitrogens with zero attached hydrogens (tertiary/aromatic N) is 1. The molecule has 18 heavy (non-hydrogen) atoms. The Labute approximate surface area is 120 Å². The van der Waals surface area contributed by atoms with Gasteiger partial charge in [0.1, 0.15) is 0 Å². The summed E-state index contributed by atoms with van der Waals surface area (Å²) >= 11 is 8.36. The van der Waals surface area contributed by atoms with Crippen LogP contribution in [-0.4, -0.2) is 23.2 Å². The van der Waals surface area contributed by atoms with Crippen molar-refractivity contribution < 1.29 is 0 Å². The van der Waals surface area contributed by atoms with Crippen molar-refractivity contribution in [3.05, 3.63) is 28.3 Å². The number of halogens is 1. The molecule has 1 heterocycles. The molecule has 3 heteroatoms. The SMILES string of the molecule is CC(C)c1cc(Cl)c2c(c1)CN(C(C)C)CCS2. The van der Waals surface area contributed by atoms with E-state index in [2.05, 4.69) is 44.7 Å². The van der Waals surface area contributed by atoms with E-state index in [0.29, 0.717) is 12.0 Å². The van der Waals surface area contributed by atoms with E-state index in [-0.39, 0.29) is 0 Å². The molecule has 0 saturated carbocycles. The highest BCUT2D eigenvalue weighted by Crippen LogP contribution is 2.36. The van der Waals surface area contributed by atoms with Crippen LogP contribution < -0.4 is 0 Å². The molecule has 0 amide bonds. The zero-order valence-corrected chi connectivity index (χ0v) is 13.2. The lowest BCUT2D eigenvalue weighted by Crippen LogP contribution is -2.31. The first-order chi connectivity index (χ1) is 8.49. The Morgan fingerprint density at radius 1 is 1.22 bits per heavy atom. The van der Waals surface area contributed by atoms with E-state index in [0.717, 1.165) is 23.9 Å². The van der Waals surface area contributed by atoms with Crippen molar-refractivity contribution in [1.29, 1.82) is 0 Å². The molecule has 0 unspecified atom stereocenters. The van der Waals surface area contributed by atoms with Crippen molar-refractivity contribution in [2.75, 3.05) is 12.3 Å². The third-order valence-corrected chi connectivity index (χ3v) is 5.11. The molecule has 2 rings (SSSR count). The molecule has 0 radical (unpaired) electrons. The van der Waals surface area contributed by atoms with Crippen LogP contribution in [0.1, 0.15) is 44.7 Å². The number of hydrogen-bond acceptors (Lipinski definition) is 2. The minimum Gasteiger partial charge on any atom is -0.296 e. The second-order valence-corrected chi connectivity index (χ2v) is 7.07. The van der Waals surface area contributed by atoms with Gasteiger partial charge < -0.3 is 0 Å². The number of thioether (sulfide) groups is 1. The number of hydrogen-bond donors (Lipinski definition) is 0. The van der Waals surface area contributed by atoms with Gasteiger partial charge in [0.15, 0.2) is 0 Å². The summed E-state index contributed by atoms with van der Waals surface area (Å²) in [5.74, 6) is 1.67. The molecule has 0 saturated heterocycles. The Morgan fingerprint density at radius 3 is 2.56 bits per heavy atom. The molecular formula is C15H22ClNS. The van der Waals surface area contributed by atoms with Gasteiger partial charge in [0, 0.05) is 29.8 Å². The van der Waals surface area contributed by atoms with E-state index in [1.54, 1.807) is 0 Å². The molecule has 1 nitrogen and oxygen atoms in total. The average Bonchev–Trinajstić information content (AvgIpc) is 2.51. The van der Waals surface area contributed by atoms with Crippen LogP contribution >= 0.6 is 23.4 Å². The predicted octanol–water partition coefficient (Wildman–Crippen LogP) is 4.78. The molecular weight excluding hydrogens is 262 g/mol. The molecule has 100 valence electrons. The minimum atomic E-state index is 0.536. The first-order valence-electron chi connectivity index (χ1n) is 6.68. The highest BCUT2D eigenvalue weighted by molar-refractivity contribution is 7.99. The normalized spacial score (nSPS) is 17.1. The number of rotatable bonds is 2. The molecule has 0 bridgehead atoms. The Balaban J connectivity index is 2.39. The maximum atomic E-state index is 6.45. The maximum Gasteiger partial charge on any atom is 0.0547 e. The van der Waals surface area contributed by atoms with E-state index in [1.165, 1.54) is 16.0 Å². The predicted molar refractivity (Wildman–Crippen MR) is 81.8 cm³/mol.